The molecule has 0 aliphatic carbocycles. The lowest BCUT2D eigenvalue weighted by atomic mass is 10.00. The summed E-state index contributed by atoms with van der Waals surface area (Å²) in [4.78, 5) is 37.2. The van der Waals surface area contributed by atoms with Crippen LogP contribution in [0.4, 0.5) is 0 Å². The van der Waals surface area contributed by atoms with Crippen molar-refractivity contribution in [2.45, 2.75) is 57.6 Å². The van der Waals surface area contributed by atoms with Crippen molar-refractivity contribution in [2.75, 3.05) is 4.43 Å². The van der Waals surface area contributed by atoms with Crippen molar-refractivity contribution in [1.82, 2.24) is 13.7 Å². The molecule has 1 rings (SSSR count). The van der Waals surface area contributed by atoms with Crippen LogP contribution >= 0.6 is 22.6 Å². The van der Waals surface area contributed by atoms with Gasteiger partial charge in [-0.25, -0.2) is 28.1 Å². The second kappa shape index (κ2) is 9.54. The zero-order valence-corrected chi connectivity index (χ0v) is 15.5. The van der Waals surface area contributed by atoms with Gasteiger partial charge in [0.15, 0.2) is 0 Å². The van der Waals surface area contributed by atoms with Crippen LogP contribution in [0.5, 0.6) is 0 Å². The van der Waals surface area contributed by atoms with Crippen LogP contribution < -0.4 is 17.1 Å². The van der Waals surface area contributed by atoms with Crippen LogP contribution in [0.3, 0.4) is 0 Å². The maximum absolute atomic E-state index is 12.4. The monoisotopic (exact) mass is 453 g/mol. The van der Waals surface area contributed by atoms with Gasteiger partial charge in [-0.3, -0.25) is 0 Å². The van der Waals surface area contributed by atoms with E-state index in [2.05, 4.69) is 0 Å². The number of alkyl halides is 1. The molecule has 3 unspecified atom stereocenters. The van der Waals surface area contributed by atoms with Gasteiger partial charge in [0.1, 0.15) is 0 Å². The molecule has 3 atom stereocenters. The Labute approximate surface area is 153 Å². The van der Waals surface area contributed by atoms with Crippen LogP contribution in [-0.4, -0.2) is 59.6 Å². The highest BCUT2D eigenvalue weighted by Crippen LogP contribution is 1.95. The van der Waals surface area contributed by atoms with Crippen LogP contribution in [0.25, 0.3) is 0 Å². The van der Waals surface area contributed by atoms with E-state index in [-0.39, 0.29) is 30.4 Å². The van der Waals surface area contributed by atoms with E-state index in [9.17, 15) is 29.7 Å². The fourth-order valence-corrected chi connectivity index (χ4v) is 2.31. The molecule has 134 valence electrons. The Morgan fingerprint density at radius 2 is 1.25 bits per heavy atom. The molecule has 3 N–H and O–H groups in total. The minimum Gasteiger partial charge on any atom is -0.392 e. The summed E-state index contributed by atoms with van der Waals surface area (Å²) in [5.41, 5.74) is -2.76. The molecule has 0 spiro atoms. The molecule has 1 heterocycles. The third-order valence-corrected chi connectivity index (χ3v) is 4.50. The molecule has 0 aliphatic heterocycles. The highest BCUT2D eigenvalue weighted by atomic mass is 127. The van der Waals surface area contributed by atoms with Crippen LogP contribution in [0, 0.1) is 0 Å². The third kappa shape index (κ3) is 5.04. The first-order valence-electron chi connectivity index (χ1n) is 7.51. The van der Waals surface area contributed by atoms with Gasteiger partial charge >= 0.3 is 17.1 Å². The number of aromatic nitrogens is 3. The molecular weight excluding hydrogens is 432 g/mol. The molecule has 11 heteroatoms. The predicted octanol–water partition coefficient (Wildman–Crippen LogP) is -2.31. The van der Waals surface area contributed by atoms with Crippen molar-refractivity contribution in [3.8, 4) is 0 Å². The number of aliphatic hydroxyl groups excluding tert-OH is 3. The van der Waals surface area contributed by atoms with Crippen molar-refractivity contribution >= 4 is 30.4 Å². The van der Waals surface area contributed by atoms with E-state index >= 15 is 0 Å². The van der Waals surface area contributed by atoms with Crippen molar-refractivity contribution in [3.05, 3.63) is 31.5 Å². The molecule has 0 bridgehead atoms. The van der Waals surface area contributed by atoms with Gasteiger partial charge in [0.05, 0.1) is 45.8 Å². The van der Waals surface area contributed by atoms with Crippen LogP contribution in [0.15, 0.2) is 14.4 Å². The van der Waals surface area contributed by atoms with Crippen LogP contribution in [-0.2, 0) is 19.6 Å². The normalized spacial score (nSPS) is 15.2. The van der Waals surface area contributed by atoms with Gasteiger partial charge in [0, 0.05) is 4.43 Å². The lowest BCUT2D eigenvalue weighted by molar-refractivity contribution is 0.136. The topological polar surface area (TPSA) is 127 Å². The second-order valence-corrected chi connectivity index (χ2v) is 6.32. The SMILES string of the molecule is [B]CC(O)Cn1c(=O)n(CC(O)CC)c(=O)n(CC(O)CI)c1=O. The molecule has 24 heavy (non-hydrogen) atoms. The number of hydrogen-bond donors (Lipinski definition) is 3. The van der Waals surface area contributed by atoms with E-state index in [4.69, 9.17) is 7.85 Å². The Hall–Kier alpha value is -0.915. The number of hydrogen-bond acceptors (Lipinski definition) is 6. The number of halogens is 1. The minimum absolute atomic E-state index is 0.168. The van der Waals surface area contributed by atoms with Crippen molar-refractivity contribution in [1.29, 1.82) is 0 Å². The molecule has 0 fully saturated rings. The van der Waals surface area contributed by atoms with Gasteiger partial charge in [0.2, 0.25) is 0 Å². The van der Waals surface area contributed by atoms with Gasteiger partial charge < -0.3 is 15.3 Å². The molecule has 0 aromatic carbocycles. The van der Waals surface area contributed by atoms with E-state index in [0.717, 1.165) is 9.13 Å². The summed E-state index contributed by atoms with van der Waals surface area (Å²) in [5, 5.41) is 29.1. The molecule has 0 amide bonds. The molecule has 9 nitrogen and oxygen atoms in total. The van der Waals surface area contributed by atoms with E-state index in [1.165, 1.54) is 0 Å². The summed E-state index contributed by atoms with van der Waals surface area (Å²) in [6, 6.07) is 0. The highest BCUT2D eigenvalue weighted by molar-refractivity contribution is 14.1. The Morgan fingerprint density at radius 3 is 1.58 bits per heavy atom. The summed E-state index contributed by atoms with van der Waals surface area (Å²) in [6.45, 7) is 0.731. The molecule has 0 aliphatic rings. The molecule has 1 aromatic heterocycles. The smallest absolute Gasteiger partial charge is 0.336 e. The summed E-state index contributed by atoms with van der Waals surface area (Å²) in [7, 11) is 5.31. The fraction of sp³-hybridized carbons (Fsp3) is 0.769. The largest absolute Gasteiger partial charge is 0.392 e. The van der Waals surface area contributed by atoms with Crippen molar-refractivity contribution < 1.29 is 15.3 Å². The molecule has 2 radical (unpaired) electrons. The zero-order chi connectivity index (χ0) is 18.4. The Morgan fingerprint density at radius 1 is 0.875 bits per heavy atom. The average Bonchev–Trinajstić information content (AvgIpc) is 2.58. The minimum atomic E-state index is -1.14. The van der Waals surface area contributed by atoms with E-state index in [0.29, 0.717) is 11.0 Å². The van der Waals surface area contributed by atoms with E-state index in [1.54, 1.807) is 6.92 Å². The fourth-order valence-electron chi connectivity index (χ4n) is 2.04. The Balaban J connectivity index is 3.55. The summed E-state index contributed by atoms with van der Waals surface area (Å²) >= 11 is 1.90. The van der Waals surface area contributed by atoms with Gasteiger partial charge in [-0.2, -0.15) is 0 Å². The summed E-state index contributed by atoms with van der Waals surface area (Å²) < 4.78 is 2.45. The van der Waals surface area contributed by atoms with Gasteiger partial charge in [-0.15, -0.1) is 0 Å². The predicted molar refractivity (Wildman–Crippen MR) is 97.0 cm³/mol. The molecular formula is C13H21BIN3O6. The Bertz CT molecular complexity index is 590. The second-order valence-electron chi connectivity index (χ2n) is 5.44. The van der Waals surface area contributed by atoms with Crippen molar-refractivity contribution in [3.63, 3.8) is 0 Å². The average molecular weight is 453 g/mol. The maximum Gasteiger partial charge on any atom is 0.336 e. The van der Waals surface area contributed by atoms with E-state index < -0.39 is 35.4 Å². The maximum atomic E-state index is 12.4. The van der Waals surface area contributed by atoms with Gasteiger partial charge in [-0.05, 0) is 6.42 Å². The third-order valence-electron chi connectivity index (χ3n) is 3.49. The molecule has 1 aromatic rings. The van der Waals surface area contributed by atoms with Gasteiger partial charge in [0.25, 0.3) is 0 Å². The first-order chi connectivity index (χ1) is 11.3. The number of rotatable bonds is 9. The summed E-state index contributed by atoms with van der Waals surface area (Å²) in [6.07, 6.45) is -2.89. The Kier molecular flexibility index (Phi) is 8.40. The summed E-state index contributed by atoms with van der Waals surface area (Å²) in [5.74, 6) is 0. The van der Waals surface area contributed by atoms with Crippen molar-refractivity contribution in [2.24, 2.45) is 0 Å². The quantitative estimate of drug-likeness (QED) is 0.219. The lowest BCUT2D eigenvalue weighted by Gasteiger charge is -2.18. The lowest BCUT2D eigenvalue weighted by Crippen LogP contribution is -2.57. The number of aliphatic hydroxyl groups is 3. The van der Waals surface area contributed by atoms with E-state index in [1.807, 2.05) is 22.6 Å². The highest BCUT2D eigenvalue weighted by Gasteiger charge is 2.20. The molecule has 0 saturated heterocycles. The first-order valence-corrected chi connectivity index (χ1v) is 9.03. The standard InChI is InChI=1S/C13H21BIN3O6/c1-2-8(19)5-16-11(22)17(6-9(20)3-14)13(24)18(12(16)23)7-10(21)4-15/h8-10,19-21H,2-7H2,1H3. The zero-order valence-electron chi connectivity index (χ0n) is 13.3. The van der Waals surface area contributed by atoms with Gasteiger partial charge in [-0.1, -0.05) is 35.8 Å². The number of nitrogens with zero attached hydrogens (tertiary/aromatic N) is 3. The van der Waals surface area contributed by atoms with Crippen LogP contribution in [0.2, 0.25) is 6.32 Å². The first kappa shape index (κ1) is 21.1. The molecule has 0 saturated carbocycles. The van der Waals surface area contributed by atoms with Crippen LogP contribution in [0.1, 0.15) is 13.3 Å².